The number of carbonyl (C=O) groups excluding carboxylic acids is 1. The van der Waals surface area contributed by atoms with Crippen LogP contribution in [0.5, 0.6) is 5.75 Å². The Morgan fingerprint density at radius 2 is 2.16 bits per heavy atom. The van der Waals surface area contributed by atoms with Crippen molar-refractivity contribution in [3.8, 4) is 5.75 Å². The molecule has 106 valence electrons. The highest BCUT2D eigenvalue weighted by molar-refractivity contribution is 9.10. The van der Waals surface area contributed by atoms with Gasteiger partial charge in [0.2, 0.25) is 5.91 Å². The Bertz CT molecular complexity index is 439. The number of hydrogen-bond donors (Lipinski definition) is 0. The lowest BCUT2D eigenvalue weighted by Crippen LogP contribution is -2.35. The van der Waals surface area contributed by atoms with Crippen LogP contribution in [0, 0.1) is 5.82 Å². The molecule has 0 heterocycles. The number of halogens is 2. The van der Waals surface area contributed by atoms with E-state index in [0.29, 0.717) is 13.1 Å². The molecule has 1 rings (SSSR count). The first-order valence-electron chi connectivity index (χ1n) is 6.28. The monoisotopic (exact) mass is 331 g/mol. The van der Waals surface area contributed by atoms with Gasteiger partial charge in [0.25, 0.3) is 0 Å². The lowest BCUT2D eigenvalue weighted by Gasteiger charge is -2.23. The fourth-order valence-corrected chi connectivity index (χ4v) is 2.04. The van der Waals surface area contributed by atoms with Gasteiger partial charge < -0.3 is 9.64 Å². The van der Waals surface area contributed by atoms with Crippen LogP contribution in [0.15, 0.2) is 18.2 Å². The standard InChI is InChI=1S/C14H19BrFNO2/c1-4-11(15)14(18)17(5-2)9-10-6-7-13(19-3)12(16)8-10/h6-8,11H,4-5,9H2,1-3H3. The minimum Gasteiger partial charge on any atom is -0.494 e. The molecule has 0 aliphatic rings. The lowest BCUT2D eigenvalue weighted by molar-refractivity contribution is -0.130. The van der Waals surface area contributed by atoms with Gasteiger partial charge in [0, 0.05) is 13.1 Å². The van der Waals surface area contributed by atoms with Gasteiger partial charge in [-0.3, -0.25) is 4.79 Å². The van der Waals surface area contributed by atoms with Gasteiger partial charge in [-0.1, -0.05) is 28.9 Å². The minimum atomic E-state index is -0.408. The van der Waals surface area contributed by atoms with Crippen molar-refractivity contribution in [1.82, 2.24) is 4.90 Å². The van der Waals surface area contributed by atoms with E-state index in [4.69, 9.17) is 4.74 Å². The van der Waals surface area contributed by atoms with E-state index in [9.17, 15) is 9.18 Å². The van der Waals surface area contributed by atoms with E-state index in [-0.39, 0.29) is 16.5 Å². The molecule has 3 nitrogen and oxygen atoms in total. The molecule has 19 heavy (non-hydrogen) atoms. The number of carbonyl (C=O) groups is 1. The van der Waals surface area contributed by atoms with Crippen molar-refractivity contribution >= 4 is 21.8 Å². The average Bonchev–Trinajstić information content (AvgIpc) is 2.43. The smallest absolute Gasteiger partial charge is 0.236 e. The van der Waals surface area contributed by atoms with E-state index < -0.39 is 5.82 Å². The van der Waals surface area contributed by atoms with Crippen LogP contribution >= 0.6 is 15.9 Å². The summed E-state index contributed by atoms with van der Waals surface area (Å²) in [7, 11) is 1.43. The third kappa shape index (κ3) is 4.20. The number of hydrogen-bond acceptors (Lipinski definition) is 2. The Kier molecular flexibility index (Phi) is 6.28. The fraction of sp³-hybridized carbons (Fsp3) is 0.500. The van der Waals surface area contributed by atoms with E-state index in [1.807, 2.05) is 13.8 Å². The minimum absolute atomic E-state index is 0.0289. The molecule has 1 unspecified atom stereocenters. The largest absolute Gasteiger partial charge is 0.494 e. The number of alkyl halides is 1. The Balaban J connectivity index is 2.81. The van der Waals surface area contributed by atoms with Crippen LogP contribution in [-0.2, 0) is 11.3 Å². The predicted molar refractivity (Wildman–Crippen MR) is 77.0 cm³/mol. The average molecular weight is 332 g/mol. The van der Waals surface area contributed by atoms with Crippen molar-refractivity contribution in [3.05, 3.63) is 29.6 Å². The van der Waals surface area contributed by atoms with Crippen molar-refractivity contribution in [3.63, 3.8) is 0 Å². The van der Waals surface area contributed by atoms with Gasteiger partial charge in [0.05, 0.1) is 11.9 Å². The number of rotatable bonds is 6. The van der Waals surface area contributed by atoms with E-state index >= 15 is 0 Å². The Morgan fingerprint density at radius 1 is 1.47 bits per heavy atom. The molecule has 0 aliphatic carbocycles. The molecule has 1 atom stereocenters. The molecule has 0 aromatic heterocycles. The summed E-state index contributed by atoms with van der Waals surface area (Å²) in [4.78, 5) is 13.6. The summed E-state index contributed by atoms with van der Waals surface area (Å²) in [5, 5.41) is 0. The highest BCUT2D eigenvalue weighted by atomic mass is 79.9. The van der Waals surface area contributed by atoms with Crippen molar-refractivity contribution in [2.45, 2.75) is 31.6 Å². The third-order valence-corrected chi connectivity index (χ3v) is 3.95. The molecule has 0 bridgehead atoms. The summed E-state index contributed by atoms with van der Waals surface area (Å²) in [5.41, 5.74) is 0.754. The predicted octanol–water partition coefficient (Wildman–Crippen LogP) is 3.36. The van der Waals surface area contributed by atoms with Crippen LogP contribution < -0.4 is 4.74 Å². The van der Waals surface area contributed by atoms with Gasteiger partial charge >= 0.3 is 0 Å². The van der Waals surface area contributed by atoms with Gasteiger partial charge in [0.1, 0.15) is 0 Å². The second-order valence-corrected chi connectivity index (χ2v) is 5.30. The van der Waals surface area contributed by atoms with Crippen LogP contribution in [0.3, 0.4) is 0 Å². The van der Waals surface area contributed by atoms with E-state index in [0.717, 1.165) is 12.0 Å². The molecule has 0 radical (unpaired) electrons. The SMILES string of the molecule is CCC(Br)C(=O)N(CC)Cc1ccc(OC)c(F)c1. The summed E-state index contributed by atoms with van der Waals surface area (Å²) in [5.74, 6) is -0.166. The zero-order chi connectivity index (χ0) is 14.4. The topological polar surface area (TPSA) is 29.5 Å². The maximum atomic E-state index is 13.6. The van der Waals surface area contributed by atoms with Gasteiger partial charge in [-0.05, 0) is 31.0 Å². The molecule has 0 saturated heterocycles. The van der Waals surface area contributed by atoms with Gasteiger partial charge in [-0.15, -0.1) is 0 Å². The lowest BCUT2D eigenvalue weighted by atomic mass is 10.2. The zero-order valence-corrected chi connectivity index (χ0v) is 13.0. The molecule has 0 fully saturated rings. The first kappa shape index (κ1) is 16.0. The number of amides is 1. The number of benzene rings is 1. The molecule has 1 aromatic carbocycles. The van der Waals surface area contributed by atoms with Crippen LogP contribution in [0.4, 0.5) is 4.39 Å². The second kappa shape index (κ2) is 7.48. The molecule has 5 heteroatoms. The van der Waals surface area contributed by atoms with Crippen LogP contribution in [0.25, 0.3) is 0 Å². The van der Waals surface area contributed by atoms with Gasteiger partial charge in [0.15, 0.2) is 11.6 Å². The van der Waals surface area contributed by atoms with Crippen molar-refractivity contribution < 1.29 is 13.9 Å². The van der Waals surface area contributed by atoms with Crippen LogP contribution in [0.2, 0.25) is 0 Å². The molecule has 0 saturated carbocycles. The first-order chi connectivity index (χ1) is 9.03. The summed E-state index contributed by atoms with van der Waals surface area (Å²) in [6, 6.07) is 4.76. The normalized spacial score (nSPS) is 12.1. The zero-order valence-electron chi connectivity index (χ0n) is 11.5. The summed E-state index contributed by atoms with van der Waals surface area (Å²) < 4.78 is 18.5. The van der Waals surface area contributed by atoms with E-state index in [1.165, 1.54) is 13.2 Å². The Labute approximate surface area is 121 Å². The van der Waals surface area contributed by atoms with Crippen LogP contribution in [-0.4, -0.2) is 29.3 Å². The fourth-order valence-electron chi connectivity index (χ4n) is 1.75. The Hall–Kier alpha value is -1.10. The maximum Gasteiger partial charge on any atom is 0.236 e. The van der Waals surface area contributed by atoms with E-state index in [1.54, 1.807) is 17.0 Å². The Morgan fingerprint density at radius 3 is 2.63 bits per heavy atom. The highest BCUT2D eigenvalue weighted by Crippen LogP contribution is 2.19. The van der Waals surface area contributed by atoms with Crippen molar-refractivity contribution in [2.75, 3.05) is 13.7 Å². The molecule has 0 spiro atoms. The molecule has 0 aliphatic heterocycles. The summed E-state index contributed by atoms with van der Waals surface area (Å²) in [6.45, 7) is 4.85. The molecule has 0 N–H and O–H groups in total. The third-order valence-electron chi connectivity index (χ3n) is 2.91. The molecular weight excluding hydrogens is 313 g/mol. The first-order valence-corrected chi connectivity index (χ1v) is 7.20. The molecule has 1 aromatic rings. The maximum absolute atomic E-state index is 13.6. The molecule has 1 amide bonds. The number of methoxy groups -OCH3 is 1. The van der Waals surface area contributed by atoms with Crippen molar-refractivity contribution in [2.24, 2.45) is 0 Å². The summed E-state index contributed by atoms with van der Waals surface area (Å²) >= 11 is 3.35. The van der Waals surface area contributed by atoms with E-state index in [2.05, 4.69) is 15.9 Å². The van der Waals surface area contributed by atoms with Crippen LogP contribution in [0.1, 0.15) is 25.8 Å². The number of ether oxygens (including phenoxy) is 1. The quantitative estimate of drug-likeness (QED) is 0.748. The van der Waals surface area contributed by atoms with Crippen molar-refractivity contribution in [1.29, 1.82) is 0 Å². The number of nitrogens with zero attached hydrogens (tertiary/aromatic N) is 1. The summed E-state index contributed by atoms with van der Waals surface area (Å²) in [6.07, 6.45) is 0.728. The highest BCUT2D eigenvalue weighted by Gasteiger charge is 2.19. The molecular formula is C14H19BrFNO2. The van der Waals surface area contributed by atoms with Gasteiger partial charge in [-0.25, -0.2) is 4.39 Å². The second-order valence-electron chi connectivity index (χ2n) is 4.20. The van der Waals surface area contributed by atoms with Gasteiger partial charge in [-0.2, -0.15) is 0 Å².